The summed E-state index contributed by atoms with van der Waals surface area (Å²) in [6, 6.07) is 11.2. The fraction of sp³-hybridized carbons (Fsp3) is 0.625. The topological polar surface area (TPSA) is 32.3 Å². The van der Waals surface area contributed by atoms with E-state index in [1.54, 1.807) is 6.26 Å². The smallest absolute Gasteiger partial charge is 0.0441 e. The summed E-state index contributed by atoms with van der Waals surface area (Å²) in [6.07, 6.45) is 4.12. The molecule has 1 N–H and O–H groups in total. The zero-order valence-electron chi connectivity index (χ0n) is 12.5. The van der Waals surface area contributed by atoms with Crippen molar-refractivity contribution >= 4 is 10.8 Å². The molecule has 0 radical (unpaired) electrons. The van der Waals surface area contributed by atoms with Crippen molar-refractivity contribution in [1.29, 1.82) is 0 Å². The third kappa shape index (κ3) is 5.00. The van der Waals surface area contributed by atoms with Crippen LogP contribution in [0.2, 0.25) is 0 Å². The van der Waals surface area contributed by atoms with Gasteiger partial charge in [-0.05, 0) is 31.9 Å². The number of benzene rings is 1. The third-order valence-corrected chi connectivity index (χ3v) is 5.39. The maximum atomic E-state index is 11.3. The lowest BCUT2D eigenvalue weighted by molar-refractivity contribution is 0.332. The van der Waals surface area contributed by atoms with Gasteiger partial charge in [-0.15, -0.1) is 0 Å². The van der Waals surface area contributed by atoms with Crippen molar-refractivity contribution in [1.82, 2.24) is 10.2 Å². The molecule has 0 aromatic heterocycles. The van der Waals surface area contributed by atoms with Crippen LogP contribution in [-0.4, -0.2) is 52.8 Å². The first-order chi connectivity index (χ1) is 9.65. The van der Waals surface area contributed by atoms with Crippen molar-refractivity contribution < 1.29 is 4.21 Å². The standard InChI is InChI=1S/C16H26N2OS/c1-14(20(2)19)12-17-16-9-11-18(13-16)10-8-15-6-4-3-5-7-15/h3-7,14,16-17H,8-13H2,1-2H3. The molecule has 0 aliphatic carbocycles. The van der Waals surface area contributed by atoms with E-state index in [0.717, 1.165) is 26.1 Å². The second-order valence-electron chi connectivity index (χ2n) is 5.74. The van der Waals surface area contributed by atoms with Crippen LogP contribution < -0.4 is 5.32 Å². The molecule has 4 heteroatoms. The highest BCUT2D eigenvalue weighted by molar-refractivity contribution is 7.84. The number of nitrogens with one attached hydrogen (secondary N) is 1. The van der Waals surface area contributed by atoms with Crippen molar-refractivity contribution in [3.05, 3.63) is 35.9 Å². The number of likely N-dealkylation sites (tertiary alicyclic amines) is 1. The fourth-order valence-corrected chi connectivity index (χ4v) is 2.92. The van der Waals surface area contributed by atoms with Gasteiger partial charge in [0, 0.05) is 48.0 Å². The molecule has 1 aromatic rings. The van der Waals surface area contributed by atoms with Crippen LogP contribution >= 0.6 is 0 Å². The third-order valence-electron chi connectivity index (χ3n) is 4.09. The first kappa shape index (κ1) is 15.7. The van der Waals surface area contributed by atoms with Gasteiger partial charge in [0.15, 0.2) is 0 Å². The van der Waals surface area contributed by atoms with Gasteiger partial charge >= 0.3 is 0 Å². The summed E-state index contributed by atoms with van der Waals surface area (Å²) in [6.45, 7) is 6.34. The molecule has 1 heterocycles. The van der Waals surface area contributed by atoms with E-state index in [0.29, 0.717) is 6.04 Å². The molecule has 1 aromatic carbocycles. The molecule has 112 valence electrons. The second-order valence-corrected chi connectivity index (χ2v) is 7.54. The van der Waals surface area contributed by atoms with Gasteiger partial charge in [0.25, 0.3) is 0 Å². The van der Waals surface area contributed by atoms with Gasteiger partial charge in [0.2, 0.25) is 0 Å². The maximum Gasteiger partial charge on any atom is 0.0441 e. The highest BCUT2D eigenvalue weighted by atomic mass is 32.2. The molecule has 3 nitrogen and oxygen atoms in total. The average molecular weight is 294 g/mol. The molecule has 2 rings (SSSR count). The minimum absolute atomic E-state index is 0.244. The van der Waals surface area contributed by atoms with Crippen molar-refractivity contribution in [3.63, 3.8) is 0 Å². The predicted molar refractivity (Wildman–Crippen MR) is 86.5 cm³/mol. The molecular formula is C16H26N2OS. The van der Waals surface area contributed by atoms with E-state index in [-0.39, 0.29) is 5.25 Å². The largest absolute Gasteiger partial charge is 0.311 e. The van der Waals surface area contributed by atoms with Crippen LogP contribution in [-0.2, 0) is 17.2 Å². The van der Waals surface area contributed by atoms with Crippen LogP contribution in [0.1, 0.15) is 18.9 Å². The molecule has 0 spiro atoms. The van der Waals surface area contributed by atoms with Crippen molar-refractivity contribution in [3.8, 4) is 0 Å². The summed E-state index contributed by atoms with van der Waals surface area (Å²) in [5.41, 5.74) is 1.42. The summed E-state index contributed by atoms with van der Waals surface area (Å²) in [4.78, 5) is 2.53. The summed E-state index contributed by atoms with van der Waals surface area (Å²) in [5.74, 6) is 0. The van der Waals surface area contributed by atoms with Gasteiger partial charge in [0.05, 0.1) is 0 Å². The predicted octanol–water partition coefficient (Wildman–Crippen LogP) is 1.66. The minimum atomic E-state index is -0.723. The minimum Gasteiger partial charge on any atom is -0.311 e. The number of hydrogen-bond acceptors (Lipinski definition) is 3. The molecule has 3 atom stereocenters. The summed E-state index contributed by atoms with van der Waals surface area (Å²) < 4.78 is 11.3. The van der Waals surface area contributed by atoms with Gasteiger partial charge in [-0.1, -0.05) is 30.3 Å². The van der Waals surface area contributed by atoms with Crippen LogP contribution in [0.5, 0.6) is 0 Å². The van der Waals surface area contributed by atoms with Crippen LogP contribution in [0.25, 0.3) is 0 Å². The Balaban J connectivity index is 1.66. The molecule has 1 aliphatic rings. The van der Waals surface area contributed by atoms with Crippen LogP contribution in [0, 0.1) is 0 Å². The molecule has 1 saturated heterocycles. The fourth-order valence-electron chi connectivity index (χ4n) is 2.58. The van der Waals surface area contributed by atoms with E-state index in [4.69, 9.17) is 0 Å². The van der Waals surface area contributed by atoms with Crippen LogP contribution in [0.4, 0.5) is 0 Å². The molecular weight excluding hydrogens is 268 g/mol. The molecule has 0 bridgehead atoms. The Morgan fingerprint density at radius 2 is 2.15 bits per heavy atom. The van der Waals surface area contributed by atoms with Gasteiger partial charge in [-0.2, -0.15) is 0 Å². The molecule has 3 unspecified atom stereocenters. The van der Waals surface area contributed by atoms with E-state index >= 15 is 0 Å². The summed E-state index contributed by atoms with van der Waals surface area (Å²) >= 11 is 0. The molecule has 0 amide bonds. The number of hydrogen-bond donors (Lipinski definition) is 1. The van der Waals surface area contributed by atoms with E-state index in [9.17, 15) is 4.21 Å². The summed E-state index contributed by atoms with van der Waals surface area (Å²) in [5, 5.41) is 3.80. The quantitative estimate of drug-likeness (QED) is 0.830. The van der Waals surface area contributed by atoms with Crippen molar-refractivity contribution in [2.75, 3.05) is 32.4 Å². The Morgan fingerprint density at radius 3 is 2.85 bits per heavy atom. The monoisotopic (exact) mass is 294 g/mol. The average Bonchev–Trinajstić information content (AvgIpc) is 2.91. The van der Waals surface area contributed by atoms with E-state index < -0.39 is 10.8 Å². The van der Waals surface area contributed by atoms with E-state index in [1.807, 2.05) is 6.92 Å². The Hall–Kier alpha value is -0.710. The molecule has 20 heavy (non-hydrogen) atoms. The zero-order chi connectivity index (χ0) is 14.4. The van der Waals surface area contributed by atoms with E-state index in [2.05, 4.69) is 40.5 Å². The maximum absolute atomic E-state index is 11.3. The van der Waals surface area contributed by atoms with Crippen LogP contribution in [0.15, 0.2) is 30.3 Å². The zero-order valence-corrected chi connectivity index (χ0v) is 13.4. The molecule has 1 fully saturated rings. The highest BCUT2D eigenvalue weighted by Crippen LogP contribution is 2.11. The molecule has 1 aliphatic heterocycles. The lowest BCUT2D eigenvalue weighted by Gasteiger charge is -2.18. The first-order valence-electron chi connectivity index (χ1n) is 7.47. The van der Waals surface area contributed by atoms with Gasteiger partial charge < -0.3 is 10.2 Å². The van der Waals surface area contributed by atoms with Gasteiger partial charge in [-0.25, -0.2) is 0 Å². The number of rotatable bonds is 7. The normalized spacial score (nSPS) is 22.8. The SMILES string of the molecule is CC(CNC1CCN(CCc2ccccc2)C1)S(C)=O. The Bertz CT molecular complexity index is 424. The lowest BCUT2D eigenvalue weighted by Crippen LogP contribution is -2.38. The van der Waals surface area contributed by atoms with Crippen molar-refractivity contribution in [2.45, 2.75) is 31.1 Å². The van der Waals surface area contributed by atoms with Gasteiger partial charge in [0.1, 0.15) is 0 Å². The van der Waals surface area contributed by atoms with Crippen molar-refractivity contribution in [2.24, 2.45) is 0 Å². The van der Waals surface area contributed by atoms with Crippen LogP contribution in [0.3, 0.4) is 0 Å². The second kappa shape index (κ2) is 7.91. The first-order valence-corrected chi connectivity index (χ1v) is 9.09. The van der Waals surface area contributed by atoms with E-state index in [1.165, 1.54) is 18.5 Å². The summed E-state index contributed by atoms with van der Waals surface area (Å²) in [7, 11) is -0.723. The Morgan fingerprint density at radius 1 is 1.40 bits per heavy atom. The molecule has 0 saturated carbocycles. The Labute approximate surface area is 125 Å². The highest BCUT2D eigenvalue weighted by Gasteiger charge is 2.22. The van der Waals surface area contributed by atoms with Gasteiger partial charge in [-0.3, -0.25) is 4.21 Å². The number of nitrogens with zero attached hydrogens (tertiary/aromatic N) is 1. The Kier molecular flexibility index (Phi) is 6.20. The lowest BCUT2D eigenvalue weighted by atomic mass is 10.1.